The molecular weight excluding hydrogens is 246 g/mol. The zero-order chi connectivity index (χ0) is 13.3. The van der Waals surface area contributed by atoms with E-state index < -0.39 is 0 Å². The van der Waals surface area contributed by atoms with E-state index in [0.29, 0.717) is 11.3 Å². The van der Waals surface area contributed by atoms with Crippen LogP contribution in [-0.4, -0.2) is 15.8 Å². The van der Waals surface area contributed by atoms with Gasteiger partial charge in [0.05, 0.1) is 16.9 Å². The minimum Gasteiger partial charge on any atom is -0.327 e. The van der Waals surface area contributed by atoms with Crippen LogP contribution >= 0.6 is 11.6 Å². The predicted molar refractivity (Wildman–Crippen MR) is 75.9 cm³/mol. The monoisotopic (exact) mass is 269 g/mol. The Labute approximate surface area is 115 Å². The van der Waals surface area contributed by atoms with Crippen LogP contribution in [0.3, 0.4) is 0 Å². The van der Waals surface area contributed by atoms with Crippen molar-refractivity contribution >= 4 is 11.6 Å². The van der Waals surface area contributed by atoms with Crippen molar-refractivity contribution in [2.45, 2.75) is 65.0 Å². The minimum atomic E-state index is 0.211. The first-order valence-electron chi connectivity index (χ1n) is 6.91. The van der Waals surface area contributed by atoms with Crippen LogP contribution in [0.4, 0.5) is 0 Å². The van der Waals surface area contributed by atoms with Gasteiger partial charge < -0.3 is 5.73 Å². The van der Waals surface area contributed by atoms with Crippen LogP contribution in [0, 0.1) is 5.41 Å². The summed E-state index contributed by atoms with van der Waals surface area (Å²) in [7, 11) is 0. The molecule has 0 amide bonds. The number of aryl methyl sites for hydroxylation is 1. The van der Waals surface area contributed by atoms with E-state index >= 15 is 0 Å². The smallest absolute Gasteiger partial charge is 0.0821 e. The molecule has 3 nitrogen and oxygen atoms in total. The van der Waals surface area contributed by atoms with Crippen LogP contribution < -0.4 is 5.73 Å². The van der Waals surface area contributed by atoms with Gasteiger partial charge in [-0.2, -0.15) is 5.10 Å². The van der Waals surface area contributed by atoms with E-state index in [9.17, 15) is 0 Å². The van der Waals surface area contributed by atoms with E-state index in [1.165, 1.54) is 6.42 Å². The van der Waals surface area contributed by atoms with Crippen LogP contribution in [0.5, 0.6) is 0 Å². The predicted octanol–water partition coefficient (Wildman–Crippen LogP) is 3.57. The summed E-state index contributed by atoms with van der Waals surface area (Å²) >= 11 is 6.33. The molecule has 1 aliphatic carbocycles. The summed E-state index contributed by atoms with van der Waals surface area (Å²) in [4.78, 5) is 0. The Bertz CT molecular complexity index is 411. The molecule has 2 unspecified atom stereocenters. The van der Waals surface area contributed by atoms with Crippen molar-refractivity contribution in [3.8, 4) is 0 Å². The summed E-state index contributed by atoms with van der Waals surface area (Å²) < 4.78 is 2.05. The van der Waals surface area contributed by atoms with Crippen LogP contribution in [-0.2, 0) is 6.54 Å². The first-order valence-corrected chi connectivity index (χ1v) is 7.29. The van der Waals surface area contributed by atoms with Crippen molar-refractivity contribution in [1.82, 2.24) is 9.78 Å². The fourth-order valence-corrected chi connectivity index (χ4v) is 3.32. The molecule has 18 heavy (non-hydrogen) atoms. The summed E-state index contributed by atoms with van der Waals surface area (Å²) in [6.07, 6.45) is 6.20. The zero-order valence-corrected chi connectivity index (χ0v) is 12.4. The summed E-state index contributed by atoms with van der Waals surface area (Å²) in [5, 5.41) is 5.17. The largest absolute Gasteiger partial charge is 0.327 e. The van der Waals surface area contributed by atoms with Crippen molar-refractivity contribution in [1.29, 1.82) is 0 Å². The number of hydrogen-bond donors (Lipinski definition) is 1. The van der Waals surface area contributed by atoms with Crippen molar-refractivity contribution in [2.24, 2.45) is 11.1 Å². The molecule has 1 aromatic heterocycles. The third kappa shape index (κ3) is 2.72. The van der Waals surface area contributed by atoms with Crippen molar-refractivity contribution < 1.29 is 0 Å². The lowest BCUT2D eigenvalue weighted by molar-refractivity contribution is 0.193. The molecular formula is C14H24ClN3. The first-order chi connectivity index (χ1) is 8.44. The lowest BCUT2D eigenvalue weighted by atomic mass is 9.69. The highest BCUT2D eigenvalue weighted by Crippen LogP contribution is 2.44. The van der Waals surface area contributed by atoms with E-state index in [4.69, 9.17) is 17.3 Å². The number of nitrogens with two attached hydrogens (primary N) is 1. The van der Waals surface area contributed by atoms with Crippen LogP contribution in [0.1, 0.15) is 58.1 Å². The Hall–Kier alpha value is -0.540. The Morgan fingerprint density at radius 2 is 2.28 bits per heavy atom. The lowest BCUT2D eigenvalue weighted by Crippen LogP contribution is -2.38. The Morgan fingerprint density at radius 3 is 2.94 bits per heavy atom. The van der Waals surface area contributed by atoms with Crippen LogP contribution in [0.25, 0.3) is 0 Å². The van der Waals surface area contributed by atoms with Gasteiger partial charge in [0.15, 0.2) is 0 Å². The average Bonchev–Trinajstić information content (AvgIpc) is 2.64. The molecule has 1 aliphatic rings. The number of halogens is 1. The van der Waals surface area contributed by atoms with Gasteiger partial charge in [-0.15, -0.1) is 0 Å². The maximum Gasteiger partial charge on any atom is 0.0821 e. The maximum atomic E-state index is 6.33. The van der Waals surface area contributed by atoms with Gasteiger partial charge in [-0.05, 0) is 31.1 Å². The molecule has 0 aliphatic heterocycles. The SMILES string of the molecule is CCCn1ncc(Cl)c1C1CC(C)(C)CCC1N. The van der Waals surface area contributed by atoms with E-state index in [1.54, 1.807) is 6.20 Å². The van der Waals surface area contributed by atoms with Gasteiger partial charge in [-0.3, -0.25) is 4.68 Å². The molecule has 0 spiro atoms. The Morgan fingerprint density at radius 1 is 1.56 bits per heavy atom. The van der Waals surface area contributed by atoms with Gasteiger partial charge in [-0.1, -0.05) is 32.4 Å². The van der Waals surface area contributed by atoms with Gasteiger partial charge >= 0.3 is 0 Å². The molecule has 0 bridgehead atoms. The van der Waals surface area contributed by atoms with Gasteiger partial charge in [0.25, 0.3) is 0 Å². The molecule has 4 heteroatoms. The molecule has 0 radical (unpaired) electrons. The Balaban J connectivity index is 2.31. The fourth-order valence-electron chi connectivity index (χ4n) is 3.04. The molecule has 2 atom stereocenters. The third-order valence-corrected chi connectivity index (χ3v) is 4.35. The van der Waals surface area contributed by atoms with E-state index in [0.717, 1.165) is 36.5 Å². The standard InChI is InChI=1S/C14H24ClN3/c1-4-7-18-13(11(15)9-17-18)10-8-14(2,3)6-5-12(10)16/h9-10,12H,4-8,16H2,1-3H3. The molecule has 2 N–H and O–H groups in total. The van der Waals surface area contributed by atoms with Crippen molar-refractivity contribution in [3.05, 3.63) is 16.9 Å². The normalized spacial score (nSPS) is 27.4. The summed E-state index contributed by atoms with van der Waals surface area (Å²) in [5.41, 5.74) is 7.83. The molecule has 1 aromatic rings. The molecule has 0 saturated heterocycles. The van der Waals surface area contributed by atoms with Crippen molar-refractivity contribution in [3.63, 3.8) is 0 Å². The summed E-state index contributed by atoms with van der Waals surface area (Å²) in [6.45, 7) is 7.72. The van der Waals surface area contributed by atoms with Crippen molar-refractivity contribution in [2.75, 3.05) is 0 Å². The number of rotatable bonds is 3. The van der Waals surface area contributed by atoms with Gasteiger partial charge in [-0.25, -0.2) is 0 Å². The highest BCUT2D eigenvalue weighted by atomic mass is 35.5. The molecule has 1 heterocycles. The maximum absolute atomic E-state index is 6.33. The van der Waals surface area contributed by atoms with Gasteiger partial charge in [0, 0.05) is 18.5 Å². The molecule has 2 rings (SSSR count). The third-order valence-electron chi connectivity index (χ3n) is 4.06. The van der Waals surface area contributed by atoms with Crippen LogP contribution in [0.2, 0.25) is 5.02 Å². The zero-order valence-electron chi connectivity index (χ0n) is 11.6. The van der Waals surface area contributed by atoms with E-state index in [1.807, 2.05) is 4.68 Å². The number of aromatic nitrogens is 2. The van der Waals surface area contributed by atoms with E-state index in [-0.39, 0.29) is 6.04 Å². The second kappa shape index (κ2) is 5.22. The quantitative estimate of drug-likeness (QED) is 0.912. The summed E-state index contributed by atoms with van der Waals surface area (Å²) in [5.74, 6) is 0.343. The highest BCUT2D eigenvalue weighted by molar-refractivity contribution is 6.31. The minimum absolute atomic E-state index is 0.211. The highest BCUT2D eigenvalue weighted by Gasteiger charge is 2.36. The second-order valence-corrected chi connectivity index (χ2v) is 6.69. The molecule has 1 saturated carbocycles. The topological polar surface area (TPSA) is 43.8 Å². The number of nitrogens with zero attached hydrogens (tertiary/aromatic N) is 2. The molecule has 0 aromatic carbocycles. The molecule has 1 fully saturated rings. The number of hydrogen-bond acceptors (Lipinski definition) is 2. The lowest BCUT2D eigenvalue weighted by Gasteiger charge is -2.39. The average molecular weight is 270 g/mol. The first kappa shape index (κ1) is 13.9. The summed E-state index contributed by atoms with van der Waals surface area (Å²) in [6, 6.07) is 0.211. The second-order valence-electron chi connectivity index (χ2n) is 6.28. The fraction of sp³-hybridized carbons (Fsp3) is 0.786. The van der Waals surface area contributed by atoms with Crippen LogP contribution in [0.15, 0.2) is 6.20 Å². The van der Waals surface area contributed by atoms with Gasteiger partial charge in [0.2, 0.25) is 0 Å². The van der Waals surface area contributed by atoms with E-state index in [2.05, 4.69) is 25.9 Å². The molecule has 102 valence electrons. The Kier molecular flexibility index (Phi) is 4.02. The van der Waals surface area contributed by atoms with Gasteiger partial charge in [0.1, 0.15) is 0 Å².